The number of ether oxygens (including phenoxy) is 1. The molecule has 0 aliphatic rings. The van der Waals surface area contributed by atoms with E-state index >= 15 is 0 Å². The standard InChI is InChI=1S/C18H30BrNO/c1-14(11-15-9-7-8-10-17(15)21-6)20(5)13-16(12-19)18(2,3)4/h7-10,14,16H,11-13H2,1-6H3. The number of benzene rings is 1. The molecule has 0 radical (unpaired) electrons. The van der Waals surface area contributed by atoms with Crippen LogP contribution in [-0.4, -0.2) is 37.0 Å². The smallest absolute Gasteiger partial charge is 0.122 e. The van der Waals surface area contributed by atoms with Gasteiger partial charge in [-0.2, -0.15) is 0 Å². The van der Waals surface area contributed by atoms with Crippen molar-refractivity contribution in [2.75, 3.05) is 26.0 Å². The topological polar surface area (TPSA) is 12.5 Å². The third-order valence-electron chi connectivity index (χ3n) is 4.38. The summed E-state index contributed by atoms with van der Waals surface area (Å²) in [6.07, 6.45) is 1.01. The zero-order valence-electron chi connectivity index (χ0n) is 14.3. The predicted molar refractivity (Wildman–Crippen MR) is 95.5 cm³/mol. The summed E-state index contributed by atoms with van der Waals surface area (Å²) < 4.78 is 5.46. The molecule has 0 spiro atoms. The van der Waals surface area contributed by atoms with Gasteiger partial charge in [-0.05, 0) is 43.4 Å². The lowest BCUT2D eigenvalue weighted by Crippen LogP contribution is -2.39. The van der Waals surface area contributed by atoms with E-state index < -0.39 is 0 Å². The zero-order chi connectivity index (χ0) is 16.0. The van der Waals surface area contributed by atoms with Gasteiger partial charge in [-0.1, -0.05) is 54.9 Å². The first-order chi connectivity index (χ1) is 9.79. The summed E-state index contributed by atoms with van der Waals surface area (Å²) >= 11 is 3.67. The molecule has 0 amide bonds. The second-order valence-electron chi connectivity index (χ2n) is 7.02. The predicted octanol–water partition coefficient (Wildman–Crippen LogP) is 4.62. The van der Waals surface area contributed by atoms with Crippen LogP contribution in [0.4, 0.5) is 0 Å². The Morgan fingerprint density at radius 3 is 2.38 bits per heavy atom. The highest BCUT2D eigenvalue weighted by atomic mass is 79.9. The molecule has 1 rings (SSSR count). The van der Waals surface area contributed by atoms with E-state index in [-0.39, 0.29) is 0 Å². The van der Waals surface area contributed by atoms with Gasteiger partial charge in [0, 0.05) is 17.9 Å². The number of likely N-dealkylation sites (N-methyl/N-ethyl adjacent to an activating group) is 1. The van der Waals surface area contributed by atoms with Crippen molar-refractivity contribution in [1.29, 1.82) is 0 Å². The van der Waals surface area contributed by atoms with Gasteiger partial charge in [-0.3, -0.25) is 0 Å². The summed E-state index contributed by atoms with van der Waals surface area (Å²) in [4.78, 5) is 2.46. The van der Waals surface area contributed by atoms with Crippen LogP contribution in [0, 0.1) is 11.3 Å². The van der Waals surface area contributed by atoms with Crippen LogP contribution in [0.5, 0.6) is 5.75 Å². The van der Waals surface area contributed by atoms with Gasteiger partial charge in [0.1, 0.15) is 5.75 Å². The van der Waals surface area contributed by atoms with Crippen LogP contribution in [0.1, 0.15) is 33.3 Å². The second-order valence-corrected chi connectivity index (χ2v) is 7.67. The highest BCUT2D eigenvalue weighted by molar-refractivity contribution is 9.09. The Kier molecular flexibility index (Phi) is 7.22. The Morgan fingerprint density at radius 2 is 1.86 bits per heavy atom. The van der Waals surface area contributed by atoms with Gasteiger partial charge in [0.15, 0.2) is 0 Å². The molecule has 0 bridgehead atoms. The first-order valence-electron chi connectivity index (χ1n) is 7.67. The van der Waals surface area contributed by atoms with E-state index in [2.05, 4.69) is 67.7 Å². The Balaban J connectivity index is 2.68. The average Bonchev–Trinajstić information content (AvgIpc) is 2.43. The van der Waals surface area contributed by atoms with Gasteiger partial charge in [-0.15, -0.1) is 0 Å². The van der Waals surface area contributed by atoms with E-state index in [0.717, 1.165) is 24.0 Å². The molecule has 3 heteroatoms. The van der Waals surface area contributed by atoms with E-state index in [0.29, 0.717) is 17.4 Å². The van der Waals surface area contributed by atoms with E-state index in [1.165, 1.54) is 5.56 Å². The number of alkyl halides is 1. The van der Waals surface area contributed by atoms with Crippen molar-refractivity contribution in [2.45, 2.75) is 40.2 Å². The number of hydrogen-bond donors (Lipinski definition) is 0. The molecule has 0 heterocycles. The summed E-state index contributed by atoms with van der Waals surface area (Å²) in [6.45, 7) is 10.3. The Hall–Kier alpha value is -0.540. The van der Waals surface area contributed by atoms with E-state index in [4.69, 9.17) is 4.74 Å². The third kappa shape index (κ3) is 5.63. The molecule has 2 unspecified atom stereocenters. The number of rotatable bonds is 7. The number of nitrogens with zero attached hydrogens (tertiary/aromatic N) is 1. The SMILES string of the molecule is COc1ccccc1CC(C)N(C)CC(CBr)C(C)(C)C. The molecule has 0 aliphatic heterocycles. The Morgan fingerprint density at radius 1 is 1.24 bits per heavy atom. The van der Waals surface area contributed by atoms with Crippen LogP contribution in [0.2, 0.25) is 0 Å². The molecule has 2 atom stereocenters. The van der Waals surface area contributed by atoms with Crippen LogP contribution in [-0.2, 0) is 6.42 Å². The maximum atomic E-state index is 5.46. The maximum Gasteiger partial charge on any atom is 0.122 e. The van der Waals surface area contributed by atoms with Gasteiger partial charge in [0.25, 0.3) is 0 Å². The molecule has 21 heavy (non-hydrogen) atoms. The molecule has 0 aromatic heterocycles. The summed E-state index contributed by atoms with van der Waals surface area (Å²) in [6, 6.07) is 8.80. The molecule has 0 aliphatic carbocycles. The van der Waals surface area contributed by atoms with Gasteiger partial charge >= 0.3 is 0 Å². The first-order valence-corrected chi connectivity index (χ1v) is 8.79. The van der Waals surface area contributed by atoms with Gasteiger partial charge in [0.05, 0.1) is 7.11 Å². The van der Waals surface area contributed by atoms with Crippen LogP contribution in [0.3, 0.4) is 0 Å². The summed E-state index contributed by atoms with van der Waals surface area (Å²) in [7, 11) is 3.97. The molecule has 0 N–H and O–H groups in total. The van der Waals surface area contributed by atoms with Crippen LogP contribution < -0.4 is 4.74 Å². The van der Waals surface area contributed by atoms with Crippen LogP contribution in [0.25, 0.3) is 0 Å². The lowest BCUT2D eigenvalue weighted by atomic mass is 9.81. The third-order valence-corrected chi connectivity index (χ3v) is 5.16. The molecular weight excluding hydrogens is 326 g/mol. The molecule has 0 saturated carbocycles. The van der Waals surface area contributed by atoms with Crippen molar-refractivity contribution in [3.63, 3.8) is 0 Å². The summed E-state index contributed by atoms with van der Waals surface area (Å²) in [5.41, 5.74) is 1.60. The molecule has 0 fully saturated rings. The van der Waals surface area contributed by atoms with Crippen molar-refractivity contribution in [3.05, 3.63) is 29.8 Å². The van der Waals surface area contributed by atoms with E-state index in [9.17, 15) is 0 Å². The highest BCUT2D eigenvalue weighted by Gasteiger charge is 2.26. The van der Waals surface area contributed by atoms with Gasteiger partial charge in [-0.25, -0.2) is 0 Å². The maximum absolute atomic E-state index is 5.46. The van der Waals surface area contributed by atoms with E-state index in [1.807, 2.05) is 12.1 Å². The molecule has 2 nitrogen and oxygen atoms in total. The number of methoxy groups -OCH3 is 1. The van der Waals surface area contributed by atoms with Crippen molar-refractivity contribution in [3.8, 4) is 5.75 Å². The second kappa shape index (κ2) is 8.19. The van der Waals surface area contributed by atoms with Gasteiger partial charge in [0.2, 0.25) is 0 Å². The molecule has 1 aromatic rings. The normalized spacial score (nSPS) is 15.0. The quantitative estimate of drug-likeness (QED) is 0.661. The van der Waals surface area contributed by atoms with Crippen LogP contribution >= 0.6 is 15.9 Å². The molecule has 1 aromatic carbocycles. The minimum Gasteiger partial charge on any atom is -0.496 e. The number of hydrogen-bond acceptors (Lipinski definition) is 2. The Labute approximate surface area is 139 Å². The summed E-state index contributed by atoms with van der Waals surface area (Å²) in [5.74, 6) is 1.63. The fourth-order valence-electron chi connectivity index (χ4n) is 2.43. The zero-order valence-corrected chi connectivity index (χ0v) is 15.9. The average molecular weight is 356 g/mol. The largest absolute Gasteiger partial charge is 0.496 e. The minimum absolute atomic E-state index is 0.321. The van der Waals surface area contributed by atoms with Crippen molar-refractivity contribution < 1.29 is 4.74 Å². The van der Waals surface area contributed by atoms with Crippen molar-refractivity contribution in [2.24, 2.45) is 11.3 Å². The lowest BCUT2D eigenvalue weighted by Gasteiger charge is -2.35. The fraction of sp³-hybridized carbons (Fsp3) is 0.667. The van der Waals surface area contributed by atoms with E-state index in [1.54, 1.807) is 7.11 Å². The minimum atomic E-state index is 0.321. The number of para-hydroxylation sites is 1. The molecule has 120 valence electrons. The Bertz CT molecular complexity index is 427. The fourth-order valence-corrected chi connectivity index (χ4v) is 3.60. The van der Waals surface area contributed by atoms with Crippen molar-refractivity contribution in [1.82, 2.24) is 4.90 Å². The van der Waals surface area contributed by atoms with Crippen molar-refractivity contribution >= 4 is 15.9 Å². The monoisotopic (exact) mass is 355 g/mol. The lowest BCUT2D eigenvalue weighted by molar-refractivity contribution is 0.157. The van der Waals surface area contributed by atoms with Gasteiger partial charge < -0.3 is 9.64 Å². The number of halogens is 1. The summed E-state index contributed by atoms with van der Waals surface area (Å²) in [5, 5.41) is 1.04. The first kappa shape index (κ1) is 18.5. The van der Waals surface area contributed by atoms with Crippen LogP contribution in [0.15, 0.2) is 24.3 Å². The molecule has 0 saturated heterocycles. The molecular formula is C18H30BrNO. The highest BCUT2D eigenvalue weighted by Crippen LogP contribution is 2.29.